The second-order valence-electron chi connectivity index (χ2n) is 6.06. The SMILES string of the molecule is C#Cc1cccc(NC(=O)CNC(=NC)NCCc2ccc3c(c2)OCO3)c1. The molecular formula is C21H22N4O3. The summed E-state index contributed by atoms with van der Waals surface area (Å²) in [5.74, 6) is 4.44. The highest BCUT2D eigenvalue weighted by Crippen LogP contribution is 2.32. The summed E-state index contributed by atoms with van der Waals surface area (Å²) in [7, 11) is 1.66. The number of guanidine groups is 1. The maximum atomic E-state index is 12.1. The van der Waals surface area contributed by atoms with Crippen LogP contribution in [-0.4, -0.2) is 38.8 Å². The van der Waals surface area contributed by atoms with Gasteiger partial charge in [-0.1, -0.05) is 18.1 Å². The van der Waals surface area contributed by atoms with Crippen molar-refractivity contribution in [2.45, 2.75) is 6.42 Å². The first-order chi connectivity index (χ1) is 13.7. The molecular weight excluding hydrogens is 356 g/mol. The maximum Gasteiger partial charge on any atom is 0.243 e. The minimum atomic E-state index is -0.187. The lowest BCUT2D eigenvalue weighted by molar-refractivity contribution is -0.115. The Labute approximate surface area is 164 Å². The van der Waals surface area contributed by atoms with Crippen molar-refractivity contribution in [1.29, 1.82) is 0 Å². The molecule has 28 heavy (non-hydrogen) atoms. The molecule has 0 fully saturated rings. The molecule has 1 aliphatic rings. The monoisotopic (exact) mass is 378 g/mol. The first kappa shape index (κ1) is 19.1. The van der Waals surface area contributed by atoms with Crippen LogP contribution in [0.4, 0.5) is 5.69 Å². The molecule has 0 saturated heterocycles. The van der Waals surface area contributed by atoms with E-state index >= 15 is 0 Å². The Bertz CT molecular complexity index is 918. The third-order valence-electron chi connectivity index (χ3n) is 4.10. The number of rotatable bonds is 6. The van der Waals surface area contributed by atoms with Crippen molar-refractivity contribution >= 4 is 17.6 Å². The van der Waals surface area contributed by atoms with E-state index in [1.807, 2.05) is 18.2 Å². The predicted octanol–water partition coefficient (Wildman–Crippen LogP) is 1.74. The third kappa shape index (κ3) is 5.17. The number of fused-ring (bicyclic) bond motifs is 1. The van der Waals surface area contributed by atoms with Crippen LogP contribution in [-0.2, 0) is 11.2 Å². The van der Waals surface area contributed by atoms with E-state index in [1.54, 1.807) is 31.3 Å². The molecule has 0 bridgehead atoms. The van der Waals surface area contributed by atoms with Gasteiger partial charge in [-0.3, -0.25) is 9.79 Å². The van der Waals surface area contributed by atoms with Gasteiger partial charge >= 0.3 is 0 Å². The summed E-state index contributed by atoms with van der Waals surface area (Å²) in [5.41, 5.74) is 2.50. The number of ether oxygens (including phenoxy) is 2. The van der Waals surface area contributed by atoms with Crippen LogP contribution < -0.4 is 25.4 Å². The zero-order valence-corrected chi connectivity index (χ0v) is 15.6. The topological polar surface area (TPSA) is 84.0 Å². The van der Waals surface area contributed by atoms with Gasteiger partial charge in [-0.15, -0.1) is 6.42 Å². The van der Waals surface area contributed by atoms with E-state index < -0.39 is 0 Å². The fourth-order valence-electron chi connectivity index (χ4n) is 2.70. The van der Waals surface area contributed by atoms with Gasteiger partial charge in [-0.2, -0.15) is 0 Å². The highest BCUT2D eigenvalue weighted by atomic mass is 16.7. The van der Waals surface area contributed by atoms with Crippen LogP contribution in [0.5, 0.6) is 11.5 Å². The van der Waals surface area contributed by atoms with E-state index in [9.17, 15) is 4.79 Å². The number of carbonyl (C=O) groups excluding carboxylic acids is 1. The normalized spacial score (nSPS) is 12.2. The van der Waals surface area contributed by atoms with Gasteiger partial charge in [-0.05, 0) is 42.3 Å². The number of hydrogen-bond donors (Lipinski definition) is 3. The van der Waals surface area contributed by atoms with Crippen molar-refractivity contribution < 1.29 is 14.3 Å². The molecule has 3 N–H and O–H groups in total. The molecule has 3 rings (SSSR count). The number of benzene rings is 2. The van der Waals surface area contributed by atoms with Crippen LogP contribution in [0.2, 0.25) is 0 Å². The first-order valence-corrected chi connectivity index (χ1v) is 8.87. The number of nitrogens with one attached hydrogen (secondary N) is 3. The first-order valence-electron chi connectivity index (χ1n) is 8.87. The molecule has 7 nitrogen and oxygen atoms in total. The van der Waals surface area contributed by atoms with E-state index in [1.165, 1.54) is 0 Å². The van der Waals surface area contributed by atoms with E-state index in [-0.39, 0.29) is 19.2 Å². The summed E-state index contributed by atoms with van der Waals surface area (Å²) in [6.45, 7) is 1.01. The Morgan fingerprint density at radius 3 is 2.86 bits per heavy atom. The quantitative estimate of drug-likeness (QED) is 0.405. The van der Waals surface area contributed by atoms with Crippen LogP contribution in [0.1, 0.15) is 11.1 Å². The molecule has 1 amide bonds. The van der Waals surface area contributed by atoms with Crippen molar-refractivity contribution in [3.05, 3.63) is 53.6 Å². The Hall–Kier alpha value is -3.66. The van der Waals surface area contributed by atoms with Crippen molar-refractivity contribution in [3.8, 4) is 23.8 Å². The lowest BCUT2D eigenvalue weighted by atomic mass is 10.1. The van der Waals surface area contributed by atoms with E-state index in [0.717, 1.165) is 23.5 Å². The molecule has 7 heteroatoms. The summed E-state index contributed by atoms with van der Waals surface area (Å²) in [4.78, 5) is 16.2. The number of carbonyl (C=O) groups is 1. The fraction of sp³-hybridized carbons (Fsp3) is 0.238. The van der Waals surface area contributed by atoms with Gasteiger partial charge in [0.25, 0.3) is 0 Å². The largest absolute Gasteiger partial charge is 0.454 e. The van der Waals surface area contributed by atoms with Crippen molar-refractivity contribution in [2.75, 3.05) is 32.2 Å². The third-order valence-corrected chi connectivity index (χ3v) is 4.10. The Morgan fingerprint density at radius 2 is 2.04 bits per heavy atom. The molecule has 2 aromatic rings. The summed E-state index contributed by atoms with van der Waals surface area (Å²) in [6, 6.07) is 13.0. The van der Waals surface area contributed by atoms with Crippen molar-refractivity contribution in [1.82, 2.24) is 10.6 Å². The zero-order chi connectivity index (χ0) is 19.8. The molecule has 1 aliphatic heterocycles. The molecule has 1 heterocycles. The highest BCUT2D eigenvalue weighted by molar-refractivity contribution is 5.95. The molecule has 0 saturated carbocycles. The van der Waals surface area contributed by atoms with Gasteiger partial charge in [0, 0.05) is 24.8 Å². The van der Waals surface area contributed by atoms with Gasteiger partial charge in [0.2, 0.25) is 12.7 Å². The average Bonchev–Trinajstić information content (AvgIpc) is 3.18. The number of hydrogen-bond acceptors (Lipinski definition) is 4. The molecule has 0 spiro atoms. The van der Waals surface area contributed by atoms with E-state index in [4.69, 9.17) is 15.9 Å². The Morgan fingerprint density at radius 1 is 1.18 bits per heavy atom. The smallest absolute Gasteiger partial charge is 0.243 e. The van der Waals surface area contributed by atoms with Crippen LogP contribution >= 0.6 is 0 Å². The average molecular weight is 378 g/mol. The van der Waals surface area contributed by atoms with Gasteiger partial charge in [0.05, 0.1) is 6.54 Å². The summed E-state index contributed by atoms with van der Waals surface area (Å²) in [5, 5.41) is 8.97. The Kier molecular flexibility index (Phi) is 6.37. The Balaban J connectivity index is 1.41. The minimum Gasteiger partial charge on any atom is -0.454 e. The summed E-state index contributed by atoms with van der Waals surface area (Å²) >= 11 is 0. The second-order valence-corrected chi connectivity index (χ2v) is 6.06. The maximum absolute atomic E-state index is 12.1. The lowest BCUT2D eigenvalue weighted by Gasteiger charge is -2.12. The standard InChI is InChI=1S/C21H22N4O3/c1-3-15-5-4-6-17(11-15)25-20(26)13-24-21(22-2)23-10-9-16-7-8-18-19(12-16)28-14-27-18/h1,4-8,11-12H,9-10,13-14H2,2H3,(H,25,26)(H2,22,23,24). The molecule has 144 valence electrons. The van der Waals surface area contributed by atoms with Gasteiger partial charge in [-0.25, -0.2) is 0 Å². The van der Waals surface area contributed by atoms with Crippen LogP contribution in [0.25, 0.3) is 0 Å². The molecule has 0 aromatic heterocycles. The van der Waals surface area contributed by atoms with Crippen molar-refractivity contribution in [3.63, 3.8) is 0 Å². The number of amides is 1. The van der Waals surface area contributed by atoms with E-state index in [0.29, 0.717) is 23.8 Å². The van der Waals surface area contributed by atoms with Gasteiger partial charge < -0.3 is 25.4 Å². The predicted molar refractivity (Wildman–Crippen MR) is 109 cm³/mol. The molecule has 0 aliphatic carbocycles. The molecule has 0 atom stereocenters. The minimum absolute atomic E-state index is 0.0873. The number of anilines is 1. The summed E-state index contributed by atoms with van der Waals surface area (Å²) < 4.78 is 10.7. The zero-order valence-electron chi connectivity index (χ0n) is 15.6. The van der Waals surface area contributed by atoms with Crippen LogP contribution in [0, 0.1) is 12.3 Å². The highest BCUT2D eigenvalue weighted by Gasteiger charge is 2.13. The second kappa shape index (κ2) is 9.33. The fourth-order valence-corrected chi connectivity index (χ4v) is 2.70. The van der Waals surface area contributed by atoms with Crippen LogP contribution in [0.3, 0.4) is 0 Å². The lowest BCUT2D eigenvalue weighted by Crippen LogP contribution is -2.42. The summed E-state index contributed by atoms with van der Waals surface area (Å²) in [6.07, 6.45) is 6.15. The van der Waals surface area contributed by atoms with E-state index in [2.05, 4.69) is 26.9 Å². The molecule has 0 radical (unpaired) electrons. The number of aliphatic imine (C=N–C) groups is 1. The molecule has 2 aromatic carbocycles. The number of terminal acetylenes is 1. The van der Waals surface area contributed by atoms with Gasteiger partial charge in [0.1, 0.15) is 0 Å². The van der Waals surface area contributed by atoms with Gasteiger partial charge in [0.15, 0.2) is 17.5 Å². The molecule has 0 unspecified atom stereocenters. The van der Waals surface area contributed by atoms with Crippen LogP contribution in [0.15, 0.2) is 47.5 Å². The van der Waals surface area contributed by atoms with Crippen molar-refractivity contribution in [2.24, 2.45) is 4.99 Å². The number of nitrogens with zero attached hydrogens (tertiary/aromatic N) is 1.